The molecule has 0 unspecified atom stereocenters. The number of benzene rings is 2. The Balaban J connectivity index is 1.77. The SMILES string of the molecule is CSC1=N[C@@H](c2ccccc2)N2C(SC)=N[C@@H](c3ccccc3)N12. The topological polar surface area (TPSA) is 31.2 Å². The number of aliphatic imine (C=N–C) groups is 2. The van der Waals surface area contributed by atoms with Crippen LogP contribution in [0.4, 0.5) is 0 Å². The maximum Gasteiger partial charge on any atom is 0.182 e. The van der Waals surface area contributed by atoms with Crippen molar-refractivity contribution in [1.82, 2.24) is 10.0 Å². The number of hydrogen-bond donors (Lipinski definition) is 0. The van der Waals surface area contributed by atoms with Crippen molar-refractivity contribution in [3.8, 4) is 0 Å². The van der Waals surface area contributed by atoms with Gasteiger partial charge >= 0.3 is 0 Å². The Morgan fingerprint density at radius 2 is 1.04 bits per heavy atom. The maximum atomic E-state index is 4.97. The third kappa shape index (κ3) is 2.50. The summed E-state index contributed by atoms with van der Waals surface area (Å²) in [4.78, 5) is 9.95. The fourth-order valence-electron chi connectivity index (χ4n) is 3.04. The number of hydrogen-bond acceptors (Lipinski definition) is 6. The number of hydrazine groups is 1. The van der Waals surface area contributed by atoms with Gasteiger partial charge in [-0.2, -0.15) is 0 Å². The van der Waals surface area contributed by atoms with E-state index in [0.717, 1.165) is 10.3 Å². The lowest BCUT2D eigenvalue weighted by atomic mass is 10.2. The smallest absolute Gasteiger partial charge is 0.182 e. The molecule has 0 amide bonds. The quantitative estimate of drug-likeness (QED) is 0.801. The Labute approximate surface area is 150 Å². The van der Waals surface area contributed by atoms with Crippen molar-refractivity contribution < 1.29 is 0 Å². The van der Waals surface area contributed by atoms with E-state index in [1.807, 2.05) is 12.1 Å². The molecule has 0 aromatic heterocycles. The van der Waals surface area contributed by atoms with Crippen LogP contribution in [0.3, 0.4) is 0 Å². The van der Waals surface area contributed by atoms with Crippen LogP contribution < -0.4 is 0 Å². The van der Waals surface area contributed by atoms with Crippen molar-refractivity contribution in [3.05, 3.63) is 71.8 Å². The van der Waals surface area contributed by atoms with Crippen LogP contribution >= 0.6 is 23.5 Å². The van der Waals surface area contributed by atoms with Gasteiger partial charge in [-0.05, 0) is 23.6 Å². The summed E-state index contributed by atoms with van der Waals surface area (Å²) >= 11 is 3.34. The lowest BCUT2D eigenvalue weighted by Crippen LogP contribution is -2.40. The van der Waals surface area contributed by atoms with Crippen molar-refractivity contribution in [2.75, 3.05) is 12.5 Å². The second-order valence-corrected chi connectivity index (χ2v) is 7.04. The molecule has 2 aromatic rings. The third-order valence-corrected chi connectivity index (χ3v) is 5.43. The van der Waals surface area contributed by atoms with Gasteiger partial charge in [0.25, 0.3) is 0 Å². The predicted octanol–water partition coefficient (Wildman–Crippen LogP) is 4.37. The van der Waals surface area contributed by atoms with Gasteiger partial charge in [-0.25, -0.2) is 20.0 Å². The van der Waals surface area contributed by atoms with E-state index in [2.05, 4.69) is 71.1 Å². The highest BCUT2D eigenvalue weighted by Crippen LogP contribution is 2.44. The van der Waals surface area contributed by atoms with E-state index in [9.17, 15) is 0 Å². The molecule has 4 rings (SSSR count). The number of fused-ring (bicyclic) bond motifs is 1. The van der Waals surface area contributed by atoms with E-state index in [1.165, 1.54) is 11.1 Å². The van der Waals surface area contributed by atoms with Gasteiger partial charge in [0.05, 0.1) is 0 Å². The monoisotopic (exact) mass is 354 g/mol. The molecule has 4 nitrogen and oxygen atoms in total. The molecule has 2 aliphatic heterocycles. The lowest BCUT2D eigenvalue weighted by Gasteiger charge is -2.31. The molecule has 24 heavy (non-hydrogen) atoms. The fourth-order valence-corrected chi connectivity index (χ4v) is 4.20. The molecular weight excluding hydrogens is 336 g/mol. The van der Waals surface area contributed by atoms with Crippen LogP contribution in [0.25, 0.3) is 0 Å². The molecular formula is C18H18N4S2. The molecule has 2 heterocycles. The molecule has 2 atom stereocenters. The average molecular weight is 355 g/mol. The summed E-state index contributed by atoms with van der Waals surface area (Å²) in [5, 5.41) is 6.46. The van der Waals surface area contributed by atoms with Gasteiger partial charge in [0.1, 0.15) is 0 Å². The highest BCUT2D eigenvalue weighted by Gasteiger charge is 2.45. The minimum absolute atomic E-state index is 0.0476. The first kappa shape index (κ1) is 15.6. The number of rotatable bonds is 2. The molecule has 0 spiro atoms. The largest absolute Gasteiger partial charge is 0.229 e. The number of amidine groups is 2. The van der Waals surface area contributed by atoms with E-state index < -0.39 is 0 Å². The summed E-state index contributed by atoms with van der Waals surface area (Å²) < 4.78 is 0. The van der Waals surface area contributed by atoms with E-state index in [-0.39, 0.29) is 12.3 Å². The second-order valence-electron chi connectivity index (χ2n) is 5.49. The van der Waals surface area contributed by atoms with Crippen LogP contribution in [0, 0.1) is 0 Å². The van der Waals surface area contributed by atoms with Crippen LogP contribution in [0.1, 0.15) is 23.5 Å². The number of nitrogens with zero attached hydrogens (tertiary/aromatic N) is 4. The second kappa shape index (κ2) is 6.53. The zero-order valence-electron chi connectivity index (χ0n) is 13.5. The molecule has 0 saturated carbocycles. The summed E-state index contributed by atoms with van der Waals surface area (Å²) in [5.41, 5.74) is 2.36. The summed E-state index contributed by atoms with van der Waals surface area (Å²) in [6, 6.07) is 20.8. The minimum atomic E-state index is -0.0476. The molecule has 0 saturated heterocycles. The average Bonchev–Trinajstić information content (AvgIpc) is 3.21. The highest BCUT2D eigenvalue weighted by atomic mass is 32.2. The van der Waals surface area contributed by atoms with Crippen molar-refractivity contribution in [1.29, 1.82) is 0 Å². The van der Waals surface area contributed by atoms with Crippen LogP contribution in [0.2, 0.25) is 0 Å². The lowest BCUT2D eigenvalue weighted by molar-refractivity contribution is 0.105. The zero-order valence-corrected chi connectivity index (χ0v) is 15.2. The molecule has 6 heteroatoms. The Kier molecular flexibility index (Phi) is 4.24. The summed E-state index contributed by atoms with van der Waals surface area (Å²) in [6.07, 6.45) is 4.05. The van der Waals surface area contributed by atoms with E-state index in [1.54, 1.807) is 23.5 Å². The third-order valence-electron chi connectivity index (χ3n) is 4.11. The van der Waals surface area contributed by atoms with Gasteiger partial charge in [-0.3, -0.25) is 0 Å². The Bertz CT molecular complexity index is 709. The van der Waals surface area contributed by atoms with Gasteiger partial charge in [-0.15, -0.1) is 0 Å². The molecule has 0 N–H and O–H groups in total. The first-order valence-electron chi connectivity index (χ1n) is 7.75. The molecule has 0 aliphatic carbocycles. The van der Waals surface area contributed by atoms with Gasteiger partial charge in [-0.1, -0.05) is 84.2 Å². The van der Waals surface area contributed by atoms with Crippen molar-refractivity contribution in [2.45, 2.75) is 12.3 Å². The minimum Gasteiger partial charge on any atom is -0.229 e. The van der Waals surface area contributed by atoms with Gasteiger partial charge < -0.3 is 0 Å². The number of thioether (sulfide) groups is 2. The Hall–Kier alpha value is -1.92. The first-order chi connectivity index (χ1) is 11.8. The zero-order chi connectivity index (χ0) is 16.5. The summed E-state index contributed by atoms with van der Waals surface area (Å²) in [5.74, 6) is 0. The first-order valence-corrected chi connectivity index (χ1v) is 10.2. The molecule has 0 radical (unpaired) electrons. The van der Waals surface area contributed by atoms with Gasteiger partial charge in [0.2, 0.25) is 0 Å². The standard InChI is InChI=1S/C18H18N4S2/c1-23-17-19-15(13-9-5-3-6-10-13)22-18(24-2)20-16(21(17)22)14-11-7-4-8-12-14/h3-12,15-16H,1-2H3/t15-,16-/m1/s1. The summed E-state index contributed by atoms with van der Waals surface area (Å²) in [6.45, 7) is 0. The molecule has 0 fully saturated rings. The van der Waals surface area contributed by atoms with Crippen LogP contribution in [0.5, 0.6) is 0 Å². The van der Waals surface area contributed by atoms with Crippen LogP contribution in [0.15, 0.2) is 70.6 Å². The molecule has 122 valence electrons. The van der Waals surface area contributed by atoms with E-state index in [0.29, 0.717) is 0 Å². The molecule has 2 aromatic carbocycles. The summed E-state index contributed by atoms with van der Waals surface area (Å²) in [7, 11) is 0. The Morgan fingerprint density at radius 1 is 0.667 bits per heavy atom. The van der Waals surface area contributed by atoms with Crippen molar-refractivity contribution in [3.63, 3.8) is 0 Å². The maximum absolute atomic E-state index is 4.97. The predicted molar refractivity (Wildman–Crippen MR) is 104 cm³/mol. The van der Waals surface area contributed by atoms with Gasteiger partial charge in [0, 0.05) is 0 Å². The van der Waals surface area contributed by atoms with Crippen molar-refractivity contribution >= 4 is 33.9 Å². The molecule has 0 bridgehead atoms. The molecule has 2 aliphatic rings. The van der Waals surface area contributed by atoms with E-state index in [4.69, 9.17) is 9.98 Å². The highest BCUT2D eigenvalue weighted by molar-refractivity contribution is 8.13. The van der Waals surface area contributed by atoms with Crippen molar-refractivity contribution in [2.24, 2.45) is 9.98 Å². The Morgan fingerprint density at radius 3 is 1.38 bits per heavy atom. The normalized spacial score (nSPS) is 22.4. The van der Waals surface area contributed by atoms with Gasteiger partial charge in [0.15, 0.2) is 22.7 Å². The van der Waals surface area contributed by atoms with E-state index >= 15 is 0 Å². The van der Waals surface area contributed by atoms with Crippen LogP contribution in [-0.4, -0.2) is 32.9 Å². The van der Waals surface area contributed by atoms with Crippen LogP contribution in [-0.2, 0) is 0 Å². The fraction of sp³-hybridized carbons (Fsp3) is 0.222.